The monoisotopic (exact) mass is 349 g/mol. The number of ether oxygens (including phenoxy) is 2. The molecule has 6 nitrogen and oxygen atoms in total. The normalized spacial score (nSPS) is 10.0. The second-order valence-corrected chi connectivity index (χ2v) is 4.82. The summed E-state index contributed by atoms with van der Waals surface area (Å²) >= 11 is 0. The molecule has 0 aliphatic heterocycles. The van der Waals surface area contributed by atoms with E-state index in [1.54, 1.807) is 0 Å². The first-order chi connectivity index (χ1) is 11.9. The van der Waals surface area contributed by atoms with Crippen LogP contribution in [0.15, 0.2) is 42.5 Å². The highest BCUT2D eigenvalue weighted by atomic mass is 19.1. The lowest BCUT2D eigenvalue weighted by Gasteiger charge is -2.08. The summed E-state index contributed by atoms with van der Waals surface area (Å²) in [7, 11) is 1.20. The van der Waals surface area contributed by atoms with Crippen LogP contribution in [0.5, 0.6) is 0 Å². The van der Waals surface area contributed by atoms with Crippen molar-refractivity contribution in [3.8, 4) is 0 Å². The zero-order valence-electron chi connectivity index (χ0n) is 13.0. The Labute approximate surface area is 141 Å². The number of nitrogens with one attached hydrogen (secondary N) is 1. The highest BCUT2D eigenvalue weighted by Crippen LogP contribution is 2.15. The fourth-order valence-electron chi connectivity index (χ4n) is 1.88. The highest BCUT2D eigenvalue weighted by molar-refractivity contribution is 5.97. The number of esters is 2. The molecule has 0 aromatic heterocycles. The topological polar surface area (TPSA) is 81.7 Å². The van der Waals surface area contributed by atoms with Crippen LogP contribution in [0, 0.1) is 11.6 Å². The van der Waals surface area contributed by atoms with Crippen molar-refractivity contribution in [3.05, 3.63) is 65.2 Å². The molecule has 25 heavy (non-hydrogen) atoms. The first-order valence-electron chi connectivity index (χ1n) is 7.01. The molecule has 0 unspecified atom stereocenters. The van der Waals surface area contributed by atoms with Crippen LogP contribution < -0.4 is 5.32 Å². The van der Waals surface area contributed by atoms with Crippen LogP contribution in [0.25, 0.3) is 0 Å². The molecule has 2 rings (SSSR count). The van der Waals surface area contributed by atoms with Gasteiger partial charge in [-0.05, 0) is 30.3 Å². The van der Waals surface area contributed by atoms with Gasteiger partial charge in [0.2, 0.25) is 0 Å². The minimum atomic E-state index is -0.861. The first-order valence-corrected chi connectivity index (χ1v) is 7.01. The fourth-order valence-corrected chi connectivity index (χ4v) is 1.88. The molecule has 130 valence electrons. The lowest BCUT2D eigenvalue weighted by Crippen LogP contribution is -2.21. The lowest BCUT2D eigenvalue weighted by atomic mass is 10.1. The van der Waals surface area contributed by atoms with Gasteiger partial charge < -0.3 is 14.8 Å². The van der Waals surface area contributed by atoms with Crippen LogP contribution in [-0.2, 0) is 14.3 Å². The molecule has 0 radical (unpaired) electrons. The molecule has 0 spiro atoms. The van der Waals surface area contributed by atoms with Gasteiger partial charge in [0.05, 0.1) is 23.9 Å². The highest BCUT2D eigenvalue weighted by Gasteiger charge is 2.14. The summed E-state index contributed by atoms with van der Waals surface area (Å²) in [6, 6.07) is 8.09. The minimum Gasteiger partial charge on any atom is -0.465 e. The third kappa shape index (κ3) is 4.84. The number of carbonyl (C=O) groups excluding carboxylic acids is 3. The molecule has 0 heterocycles. The smallest absolute Gasteiger partial charge is 0.338 e. The molecule has 1 N–H and O–H groups in total. The first kappa shape index (κ1) is 18.1. The van der Waals surface area contributed by atoms with Gasteiger partial charge in [0.15, 0.2) is 6.61 Å². The van der Waals surface area contributed by atoms with Gasteiger partial charge in [-0.2, -0.15) is 0 Å². The number of benzene rings is 2. The summed E-state index contributed by atoms with van der Waals surface area (Å²) in [6.45, 7) is -0.711. The van der Waals surface area contributed by atoms with Gasteiger partial charge in [0.1, 0.15) is 11.6 Å². The Morgan fingerprint density at radius 3 is 2.36 bits per heavy atom. The molecule has 2 aromatic rings. The van der Waals surface area contributed by atoms with Crippen LogP contribution in [0.4, 0.5) is 14.5 Å². The molecule has 8 heteroatoms. The zero-order chi connectivity index (χ0) is 18.4. The number of methoxy groups -OCH3 is 1. The molecule has 0 aliphatic carbocycles. The summed E-state index contributed by atoms with van der Waals surface area (Å²) in [5, 5.41) is 2.09. The Kier molecular flexibility index (Phi) is 5.78. The van der Waals surface area contributed by atoms with Crippen molar-refractivity contribution < 1.29 is 32.6 Å². The van der Waals surface area contributed by atoms with Crippen molar-refractivity contribution in [1.29, 1.82) is 0 Å². The van der Waals surface area contributed by atoms with Crippen molar-refractivity contribution in [2.75, 3.05) is 19.0 Å². The number of hydrogen-bond donors (Lipinski definition) is 1. The van der Waals surface area contributed by atoms with Gasteiger partial charge in [-0.15, -0.1) is 0 Å². The summed E-state index contributed by atoms with van der Waals surface area (Å²) in [4.78, 5) is 35.0. The van der Waals surface area contributed by atoms with Gasteiger partial charge in [0, 0.05) is 6.07 Å². The Balaban J connectivity index is 1.96. The fraction of sp³-hybridized carbons (Fsp3) is 0.118. The summed E-state index contributed by atoms with van der Waals surface area (Å²) < 4.78 is 35.8. The minimum absolute atomic E-state index is 0.0348. The summed E-state index contributed by atoms with van der Waals surface area (Å²) in [6.07, 6.45) is 0. The quantitative estimate of drug-likeness (QED) is 0.839. The third-order valence-corrected chi connectivity index (χ3v) is 3.06. The average molecular weight is 349 g/mol. The molecule has 0 aliphatic rings. The van der Waals surface area contributed by atoms with E-state index in [0.717, 1.165) is 18.2 Å². The Bertz CT molecular complexity index is 822. The number of carbonyl (C=O) groups is 3. The number of amides is 1. The van der Waals surface area contributed by atoms with E-state index in [2.05, 4.69) is 10.1 Å². The van der Waals surface area contributed by atoms with E-state index in [4.69, 9.17) is 4.74 Å². The number of rotatable bonds is 5. The second kappa shape index (κ2) is 8.00. The van der Waals surface area contributed by atoms with Gasteiger partial charge in [0.25, 0.3) is 5.91 Å². The summed E-state index contributed by atoms with van der Waals surface area (Å²) in [5.74, 6) is -3.89. The number of halogens is 2. The van der Waals surface area contributed by atoms with Gasteiger partial charge in [-0.3, -0.25) is 4.79 Å². The standard InChI is InChI=1S/C17H13F2NO5/c1-24-16(22)10-3-2-4-11(7-10)17(23)25-9-15(21)20-14-8-12(18)5-6-13(14)19/h2-8H,9H2,1H3,(H,20,21). The molecule has 0 bridgehead atoms. The number of anilines is 1. The van der Waals surface area contributed by atoms with Crippen molar-refractivity contribution in [2.45, 2.75) is 0 Å². The van der Waals surface area contributed by atoms with E-state index in [1.165, 1.54) is 31.4 Å². The lowest BCUT2D eigenvalue weighted by molar-refractivity contribution is -0.119. The van der Waals surface area contributed by atoms with E-state index in [1.807, 2.05) is 0 Å². The van der Waals surface area contributed by atoms with Crippen molar-refractivity contribution in [2.24, 2.45) is 0 Å². The summed E-state index contributed by atoms with van der Waals surface area (Å²) in [5.41, 5.74) is -0.190. The number of hydrogen-bond acceptors (Lipinski definition) is 5. The maximum absolute atomic E-state index is 13.4. The van der Waals surface area contributed by atoms with Gasteiger partial charge in [-0.1, -0.05) is 6.07 Å². The molecule has 0 atom stereocenters. The molecule has 2 aromatic carbocycles. The van der Waals surface area contributed by atoms with Crippen LogP contribution in [0.1, 0.15) is 20.7 Å². The molecular weight excluding hydrogens is 336 g/mol. The van der Waals surface area contributed by atoms with Crippen LogP contribution >= 0.6 is 0 Å². The van der Waals surface area contributed by atoms with Crippen molar-refractivity contribution >= 4 is 23.5 Å². The van der Waals surface area contributed by atoms with E-state index >= 15 is 0 Å². The van der Waals surface area contributed by atoms with Crippen molar-refractivity contribution in [3.63, 3.8) is 0 Å². The van der Waals surface area contributed by atoms with Crippen molar-refractivity contribution in [1.82, 2.24) is 0 Å². The predicted molar refractivity (Wildman–Crippen MR) is 83.1 cm³/mol. The third-order valence-electron chi connectivity index (χ3n) is 3.06. The Hall–Kier alpha value is -3.29. The van der Waals surface area contributed by atoms with E-state index < -0.39 is 36.1 Å². The average Bonchev–Trinajstić information content (AvgIpc) is 2.62. The van der Waals surface area contributed by atoms with Gasteiger partial charge in [-0.25, -0.2) is 18.4 Å². The molecule has 0 saturated heterocycles. The van der Waals surface area contributed by atoms with Crippen LogP contribution in [-0.4, -0.2) is 31.6 Å². The second-order valence-electron chi connectivity index (χ2n) is 4.82. The van der Waals surface area contributed by atoms with Crippen LogP contribution in [0.2, 0.25) is 0 Å². The largest absolute Gasteiger partial charge is 0.465 e. The Morgan fingerprint density at radius 1 is 1.00 bits per heavy atom. The predicted octanol–water partition coefficient (Wildman–Crippen LogP) is 2.55. The molecule has 1 amide bonds. The van der Waals surface area contributed by atoms with E-state index in [9.17, 15) is 23.2 Å². The molecule has 0 fully saturated rings. The maximum Gasteiger partial charge on any atom is 0.338 e. The molecular formula is C17H13F2NO5. The van der Waals surface area contributed by atoms with Gasteiger partial charge >= 0.3 is 11.9 Å². The van der Waals surface area contributed by atoms with Crippen LogP contribution in [0.3, 0.4) is 0 Å². The Morgan fingerprint density at radius 2 is 1.68 bits per heavy atom. The van der Waals surface area contributed by atoms with E-state index in [0.29, 0.717) is 0 Å². The SMILES string of the molecule is COC(=O)c1cccc(C(=O)OCC(=O)Nc2cc(F)ccc2F)c1. The zero-order valence-corrected chi connectivity index (χ0v) is 13.0. The van der Waals surface area contributed by atoms with E-state index in [-0.39, 0.29) is 16.8 Å². The maximum atomic E-state index is 13.4. The molecule has 0 saturated carbocycles.